The van der Waals surface area contributed by atoms with Crippen LogP contribution in [-0.2, 0) is 4.79 Å². The minimum atomic E-state index is -0.981. The molecular formula is C23H17FN4O4. The largest absolute Gasteiger partial charge is 0.487 e. The van der Waals surface area contributed by atoms with Gasteiger partial charge in [-0.05, 0) is 30.3 Å². The highest BCUT2D eigenvalue weighted by molar-refractivity contribution is 6.02. The first kappa shape index (κ1) is 20.8. The van der Waals surface area contributed by atoms with Gasteiger partial charge in [0.15, 0.2) is 11.6 Å². The third-order valence-corrected chi connectivity index (χ3v) is 4.64. The summed E-state index contributed by atoms with van der Waals surface area (Å²) in [5.41, 5.74) is 0.373. The van der Waals surface area contributed by atoms with Crippen molar-refractivity contribution in [3.8, 4) is 29.6 Å². The van der Waals surface area contributed by atoms with Crippen molar-refractivity contribution in [2.75, 3.05) is 18.6 Å². The van der Waals surface area contributed by atoms with Crippen LogP contribution in [0.25, 0.3) is 0 Å². The standard InChI is InChI=1S/C23H17FN4O4/c1-3-15-7-8-20-21(26-15)28(2)23(30)19(13-31-20)27-22(29)18-12-17(9-10-25-18)32-16-6-4-5-14(24)11-16/h1,4-12,19H,13H2,2H3,(H,27,29)/t19-/m0/s1. The Balaban J connectivity index is 1.49. The quantitative estimate of drug-likeness (QED) is 0.637. The van der Waals surface area contributed by atoms with Crippen molar-refractivity contribution >= 4 is 17.6 Å². The number of nitrogens with one attached hydrogen (secondary N) is 1. The number of nitrogens with zero attached hydrogens (tertiary/aromatic N) is 3. The van der Waals surface area contributed by atoms with E-state index >= 15 is 0 Å². The van der Waals surface area contributed by atoms with Gasteiger partial charge < -0.3 is 14.8 Å². The number of fused-ring (bicyclic) bond motifs is 1. The third-order valence-electron chi connectivity index (χ3n) is 4.64. The number of carbonyl (C=O) groups is 2. The summed E-state index contributed by atoms with van der Waals surface area (Å²) in [6, 6.07) is 10.8. The number of benzene rings is 1. The summed E-state index contributed by atoms with van der Waals surface area (Å²) >= 11 is 0. The molecule has 0 saturated carbocycles. The van der Waals surface area contributed by atoms with E-state index in [2.05, 4.69) is 21.2 Å². The van der Waals surface area contributed by atoms with Gasteiger partial charge in [0.2, 0.25) is 0 Å². The van der Waals surface area contributed by atoms with E-state index in [9.17, 15) is 14.0 Å². The zero-order valence-corrected chi connectivity index (χ0v) is 16.9. The van der Waals surface area contributed by atoms with Crippen LogP contribution < -0.4 is 19.7 Å². The van der Waals surface area contributed by atoms with E-state index in [0.717, 1.165) is 0 Å². The summed E-state index contributed by atoms with van der Waals surface area (Å²) in [5.74, 6) is 2.13. The van der Waals surface area contributed by atoms with Gasteiger partial charge in [0.1, 0.15) is 41.4 Å². The molecule has 2 amide bonds. The topological polar surface area (TPSA) is 93.7 Å². The molecule has 3 aromatic rings. The fourth-order valence-electron chi connectivity index (χ4n) is 3.05. The van der Waals surface area contributed by atoms with Crippen LogP contribution >= 0.6 is 0 Å². The number of likely N-dealkylation sites (N-methyl/N-ethyl adjacent to an activating group) is 1. The maximum atomic E-state index is 13.4. The van der Waals surface area contributed by atoms with Crippen LogP contribution in [0.1, 0.15) is 16.2 Å². The second-order valence-corrected chi connectivity index (χ2v) is 6.83. The Morgan fingerprint density at radius 3 is 2.88 bits per heavy atom. The van der Waals surface area contributed by atoms with E-state index in [0.29, 0.717) is 11.4 Å². The van der Waals surface area contributed by atoms with Gasteiger partial charge in [-0.15, -0.1) is 6.42 Å². The van der Waals surface area contributed by atoms with E-state index in [1.807, 2.05) is 0 Å². The Morgan fingerprint density at radius 2 is 2.09 bits per heavy atom. The Bertz CT molecular complexity index is 1240. The van der Waals surface area contributed by atoms with Crippen molar-refractivity contribution in [2.24, 2.45) is 0 Å². The van der Waals surface area contributed by atoms with Crippen LogP contribution in [0.2, 0.25) is 0 Å². The minimum absolute atomic E-state index is 0.0175. The zero-order valence-electron chi connectivity index (χ0n) is 16.9. The number of rotatable bonds is 4. The molecule has 0 fully saturated rings. The molecule has 1 aliphatic rings. The van der Waals surface area contributed by atoms with E-state index in [4.69, 9.17) is 15.9 Å². The van der Waals surface area contributed by atoms with Crippen LogP contribution in [-0.4, -0.2) is 41.5 Å². The Labute approximate surface area is 183 Å². The lowest BCUT2D eigenvalue weighted by atomic mass is 10.2. The number of hydrogen-bond acceptors (Lipinski definition) is 6. The molecule has 0 spiro atoms. The summed E-state index contributed by atoms with van der Waals surface area (Å²) in [5, 5.41) is 2.62. The molecule has 0 radical (unpaired) electrons. The molecule has 0 bridgehead atoms. The molecular weight excluding hydrogens is 415 g/mol. The van der Waals surface area contributed by atoms with E-state index in [1.54, 1.807) is 18.2 Å². The monoisotopic (exact) mass is 432 g/mol. The molecule has 0 saturated heterocycles. The Kier molecular flexibility index (Phi) is 5.68. The average Bonchev–Trinajstić information content (AvgIpc) is 2.91. The van der Waals surface area contributed by atoms with Gasteiger partial charge in [-0.25, -0.2) is 9.37 Å². The fraction of sp³-hybridized carbons (Fsp3) is 0.130. The predicted octanol–water partition coefficient (Wildman–Crippen LogP) is 2.54. The van der Waals surface area contributed by atoms with Crippen molar-refractivity contribution in [3.05, 3.63) is 71.9 Å². The van der Waals surface area contributed by atoms with Crippen LogP contribution in [0.15, 0.2) is 54.7 Å². The lowest BCUT2D eigenvalue weighted by Crippen LogP contribution is -2.49. The number of hydrogen-bond donors (Lipinski definition) is 1. The molecule has 4 rings (SSSR count). The van der Waals surface area contributed by atoms with Gasteiger partial charge in [0.25, 0.3) is 11.8 Å². The van der Waals surface area contributed by atoms with Crippen molar-refractivity contribution in [2.45, 2.75) is 6.04 Å². The van der Waals surface area contributed by atoms with Gasteiger partial charge in [-0.1, -0.05) is 12.0 Å². The summed E-state index contributed by atoms with van der Waals surface area (Å²) in [6.45, 7) is -0.0987. The number of carbonyl (C=O) groups excluding carboxylic acids is 2. The van der Waals surface area contributed by atoms with Gasteiger partial charge in [-0.3, -0.25) is 19.5 Å². The number of amides is 2. The van der Waals surface area contributed by atoms with Crippen molar-refractivity contribution in [3.63, 3.8) is 0 Å². The molecule has 1 aliphatic heterocycles. The molecule has 8 nitrogen and oxygen atoms in total. The van der Waals surface area contributed by atoms with Gasteiger partial charge >= 0.3 is 0 Å². The lowest BCUT2D eigenvalue weighted by Gasteiger charge is -2.19. The van der Waals surface area contributed by atoms with Gasteiger partial charge in [0, 0.05) is 25.4 Å². The van der Waals surface area contributed by atoms with Gasteiger partial charge in [0.05, 0.1) is 0 Å². The molecule has 3 heterocycles. The zero-order chi connectivity index (χ0) is 22.7. The predicted molar refractivity (Wildman–Crippen MR) is 113 cm³/mol. The highest BCUT2D eigenvalue weighted by Crippen LogP contribution is 2.28. The van der Waals surface area contributed by atoms with Crippen LogP contribution in [0.4, 0.5) is 10.2 Å². The summed E-state index contributed by atoms with van der Waals surface area (Å²) in [7, 11) is 1.52. The van der Waals surface area contributed by atoms with Crippen LogP contribution in [0.3, 0.4) is 0 Å². The normalized spacial score (nSPS) is 15.1. The first-order chi connectivity index (χ1) is 15.4. The van der Waals surface area contributed by atoms with E-state index in [1.165, 1.54) is 48.5 Å². The van der Waals surface area contributed by atoms with Crippen molar-refractivity contribution < 1.29 is 23.5 Å². The number of aromatic nitrogens is 2. The second kappa shape index (κ2) is 8.73. The highest BCUT2D eigenvalue weighted by atomic mass is 19.1. The number of anilines is 1. The first-order valence-electron chi connectivity index (χ1n) is 9.53. The molecule has 0 unspecified atom stereocenters. The minimum Gasteiger partial charge on any atom is -0.487 e. The number of pyridine rings is 2. The molecule has 0 aliphatic carbocycles. The summed E-state index contributed by atoms with van der Waals surface area (Å²) in [6.07, 6.45) is 6.76. The fourth-order valence-corrected chi connectivity index (χ4v) is 3.05. The highest BCUT2D eigenvalue weighted by Gasteiger charge is 2.32. The molecule has 160 valence electrons. The average molecular weight is 432 g/mol. The second-order valence-electron chi connectivity index (χ2n) is 6.83. The van der Waals surface area contributed by atoms with Gasteiger partial charge in [-0.2, -0.15) is 0 Å². The molecule has 1 atom stereocenters. The SMILES string of the molecule is C#Cc1ccc2c(n1)N(C)C(=O)[C@@H](NC(=O)c1cc(Oc3cccc(F)c3)ccn1)CO2. The van der Waals surface area contributed by atoms with Crippen molar-refractivity contribution in [1.82, 2.24) is 15.3 Å². The van der Waals surface area contributed by atoms with Crippen LogP contribution in [0.5, 0.6) is 17.2 Å². The van der Waals surface area contributed by atoms with Crippen molar-refractivity contribution in [1.29, 1.82) is 0 Å². The number of terminal acetylenes is 1. The summed E-state index contributed by atoms with van der Waals surface area (Å²) < 4.78 is 24.6. The smallest absolute Gasteiger partial charge is 0.270 e. The first-order valence-corrected chi connectivity index (χ1v) is 9.53. The Morgan fingerprint density at radius 1 is 1.28 bits per heavy atom. The lowest BCUT2D eigenvalue weighted by molar-refractivity contribution is -0.120. The van der Waals surface area contributed by atoms with E-state index in [-0.39, 0.29) is 29.6 Å². The molecule has 2 aromatic heterocycles. The number of ether oxygens (including phenoxy) is 2. The third kappa shape index (κ3) is 4.34. The maximum absolute atomic E-state index is 13.4. The molecule has 1 aromatic carbocycles. The molecule has 9 heteroatoms. The summed E-state index contributed by atoms with van der Waals surface area (Å²) in [4.78, 5) is 35.2. The molecule has 32 heavy (non-hydrogen) atoms. The van der Waals surface area contributed by atoms with E-state index < -0.39 is 23.7 Å². The Hall–Kier alpha value is -4.45. The number of halogens is 1. The maximum Gasteiger partial charge on any atom is 0.270 e. The molecule has 1 N–H and O–H groups in total. The van der Waals surface area contributed by atoms with Crippen LogP contribution in [0, 0.1) is 18.2 Å².